The first kappa shape index (κ1) is 21.3. The van der Waals surface area contributed by atoms with Crippen molar-refractivity contribution in [1.82, 2.24) is 10.2 Å². The molecule has 1 unspecified atom stereocenters. The van der Waals surface area contributed by atoms with E-state index in [4.69, 9.17) is 9.15 Å². The van der Waals surface area contributed by atoms with Crippen molar-refractivity contribution in [3.8, 4) is 5.75 Å². The van der Waals surface area contributed by atoms with Crippen molar-refractivity contribution < 1.29 is 23.1 Å². The first-order valence-corrected chi connectivity index (χ1v) is 9.94. The standard InChI is InChI=1S/C20H19FN4O4S/c1-12(28-17-6-4-3-5-16(17)21)19-24-25-20(29-19)30-11-18(27)23-15-9-7-14(8-10-15)22-13(2)26/h3-10,12H,11H2,1-2H3,(H,22,26)(H,23,27). The molecule has 0 fully saturated rings. The van der Waals surface area contributed by atoms with E-state index in [-0.39, 0.29) is 34.4 Å². The smallest absolute Gasteiger partial charge is 0.277 e. The number of nitrogens with zero attached hydrogens (tertiary/aromatic N) is 2. The van der Waals surface area contributed by atoms with Crippen molar-refractivity contribution in [2.24, 2.45) is 0 Å². The van der Waals surface area contributed by atoms with Crippen LogP contribution >= 0.6 is 11.8 Å². The highest BCUT2D eigenvalue weighted by Crippen LogP contribution is 2.25. The molecule has 3 rings (SSSR count). The summed E-state index contributed by atoms with van der Waals surface area (Å²) in [5.41, 5.74) is 1.23. The predicted octanol–water partition coefficient (Wildman–Crippen LogP) is 4.04. The zero-order chi connectivity index (χ0) is 21.5. The molecular weight excluding hydrogens is 411 g/mol. The lowest BCUT2D eigenvalue weighted by atomic mass is 10.3. The van der Waals surface area contributed by atoms with E-state index in [2.05, 4.69) is 20.8 Å². The van der Waals surface area contributed by atoms with Crippen LogP contribution in [0.25, 0.3) is 0 Å². The highest BCUT2D eigenvalue weighted by Gasteiger charge is 2.18. The molecule has 1 heterocycles. The number of halogens is 1. The van der Waals surface area contributed by atoms with E-state index in [1.54, 1.807) is 43.3 Å². The molecule has 2 N–H and O–H groups in total. The second kappa shape index (κ2) is 9.88. The maximum absolute atomic E-state index is 13.7. The highest BCUT2D eigenvalue weighted by atomic mass is 32.2. The third-order valence-corrected chi connectivity index (χ3v) is 4.54. The van der Waals surface area contributed by atoms with Gasteiger partial charge in [-0.2, -0.15) is 0 Å². The minimum Gasteiger partial charge on any atom is -0.478 e. The zero-order valence-electron chi connectivity index (χ0n) is 16.2. The fraction of sp³-hybridized carbons (Fsp3) is 0.200. The number of rotatable bonds is 8. The number of para-hydroxylation sites is 1. The minimum atomic E-state index is -0.653. The lowest BCUT2D eigenvalue weighted by molar-refractivity contribution is -0.114. The monoisotopic (exact) mass is 430 g/mol. The van der Waals surface area contributed by atoms with Gasteiger partial charge in [0, 0.05) is 18.3 Å². The van der Waals surface area contributed by atoms with Crippen molar-refractivity contribution in [3.05, 3.63) is 60.2 Å². The summed E-state index contributed by atoms with van der Waals surface area (Å²) < 4.78 is 24.7. The van der Waals surface area contributed by atoms with Crippen LogP contribution in [0.2, 0.25) is 0 Å². The van der Waals surface area contributed by atoms with Crippen molar-refractivity contribution >= 4 is 35.0 Å². The molecule has 0 radical (unpaired) electrons. The second-order valence-electron chi connectivity index (χ2n) is 6.19. The number of aromatic nitrogens is 2. The summed E-state index contributed by atoms with van der Waals surface area (Å²) in [6, 6.07) is 12.8. The lowest BCUT2D eigenvalue weighted by Gasteiger charge is -2.11. The Labute approximate surface area is 176 Å². The second-order valence-corrected chi connectivity index (χ2v) is 7.12. The number of hydrogen-bond acceptors (Lipinski definition) is 7. The number of carbonyl (C=O) groups is 2. The van der Waals surface area contributed by atoms with Gasteiger partial charge < -0.3 is 19.8 Å². The van der Waals surface area contributed by atoms with Gasteiger partial charge in [-0.1, -0.05) is 23.9 Å². The molecule has 8 nitrogen and oxygen atoms in total. The van der Waals surface area contributed by atoms with Gasteiger partial charge >= 0.3 is 0 Å². The van der Waals surface area contributed by atoms with Gasteiger partial charge in [-0.25, -0.2) is 4.39 Å². The molecule has 0 saturated carbocycles. The summed E-state index contributed by atoms with van der Waals surface area (Å²) in [5.74, 6) is -0.604. The largest absolute Gasteiger partial charge is 0.478 e. The SMILES string of the molecule is CC(=O)Nc1ccc(NC(=O)CSc2nnc(C(C)Oc3ccccc3F)o2)cc1. The summed E-state index contributed by atoms with van der Waals surface area (Å²) in [4.78, 5) is 23.1. The Bertz CT molecular complexity index is 1030. The van der Waals surface area contributed by atoms with Crippen LogP contribution < -0.4 is 15.4 Å². The summed E-state index contributed by atoms with van der Waals surface area (Å²) >= 11 is 1.07. The summed E-state index contributed by atoms with van der Waals surface area (Å²) in [5, 5.41) is 13.3. The Kier molecular flexibility index (Phi) is 7.02. The summed E-state index contributed by atoms with van der Waals surface area (Å²) in [7, 11) is 0. The summed E-state index contributed by atoms with van der Waals surface area (Å²) in [6.45, 7) is 3.08. The van der Waals surface area contributed by atoms with Gasteiger partial charge in [0.15, 0.2) is 17.7 Å². The van der Waals surface area contributed by atoms with Gasteiger partial charge in [0.25, 0.3) is 11.1 Å². The van der Waals surface area contributed by atoms with E-state index in [0.717, 1.165) is 11.8 Å². The Morgan fingerprint density at radius 3 is 2.43 bits per heavy atom. The Balaban J connectivity index is 1.49. The summed E-state index contributed by atoms with van der Waals surface area (Å²) in [6.07, 6.45) is -0.653. The average Bonchev–Trinajstić information content (AvgIpc) is 3.18. The fourth-order valence-corrected chi connectivity index (χ4v) is 2.96. The molecule has 156 valence electrons. The zero-order valence-corrected chi connectivity index (χ0v) is 17.0. The number of nitrogens with one attached hydrogen (secondary N) is 2. The number of amides is 2. The van der Waals surface area contributed by atoms with E-state index in [9.17, 15) is 14.0 Å². The van der Waals surface area contributed by atoms with Crippen molar-refractivity contribution in [2.75, 3.05) is 16.4 Å². The molecule has 3 aromatic rings. The molecule has 0 saturated heterocycles. The molecule has 0 aliphatic heterocycles. The molecule has 2 aromatic carbocycles. The van der Waals surface area contributed by atoms with Gasteiger partial charge in [0.2, 0.25) is 11.8 Å². The normalized spacial score (nSPS) is 11.6. The van der Waals surface area contributed by atoms with Crippen molar-refractivity contribution in [3.63, 3.8) is 0 Å². The highest BCUT2D eigenvalue weighted by molar-refractivity contribution is 7.99. The number of anilines is 2. The lowest BCUT2D eigenvalue weighted by Crippen LogP contribution is -2.14. The van der Waals surface area contributed by atoms with Crippen molar-refractivity contribution in [2.45, 2.75) is 25.2 Å². The van der Waals surface area contributed by atoms with E-state index in [1.165, 1.54) is 19.1 Å². The Morgan fingerprint density at radius 2 is 1.77 bits per heavy atom. The van der Waals surface area contributed by atoms with E-state index in [1.807, 2.05) is 0 Å². The van der Waals surface area contributed by atoms with Crippen molar-refractivity contribution in [1.29, 1.82) is 0 Å². The first-order valence-electron chi connectivity index (χ1n) is 8.95. The van der Waals surface area contributed by atoms with Crippen LogP contribution in [-0.4, -0.2) is 27.8 Å². The van der Waals surface area contributed by atoms with Crippen LogP contribution in [0.5, 0.6) is 5.75 Å². The maximum Gasteiger partial charge on any atom is 0.277 e. The average molecular weight is 430 g/mol. The predicted molar refractivity (Wildman–Crippen MR) is 110 cm³/mol. The van der Waals surface area contributed by atoms with E-state index >= 15 is 0 Å². The fourth-order valence-electron chi connectivity index (χ4n) is 2.39. The van der Waals surface area contributed by atoms with Crippen LogP contribution in [-0.2, 0) is 9.59 Å². The van der Waals surface area contributed by atoms with Gasteiger partial charge in [-0.3, -0.25) is 9.59 Å². The molecule has 2 amide bonds. The Morgan fingerprint density at radius 1 is 1.10 bits per heavy atom. The molecule has 10 heteroatoms. The number of hydrogen-bond donors (Lipinski definition) is 2. The van der Waals surface area contributed by atoms with Crippen LogP contribution in [0.3, 0.4) is 0 Å². The molecule has 0 aliphatic rings. The molecule has 0 bridgehead atoms. The third-order valence-electron chi connectivity index (χ3n) is 3.73. The third kappa shape index (κ3) is 6.05. The quantitative estimate of drug-likeness (QED) is 0.520. The van der Waals surface area contributed by atoms with Crippen LogP contribution in [0, 0.1) is 5.82 Å². The maximum atomic E-state index is 13.7. The molecule has 0 spiro atoms. The Hall–Kier alpha value is -3.40. The number of benzene rings is 2. The molecule has 30 heavy (non-hydrogen) atoms. The number of thioether (sulfide) groups is 1. The number of ether oxygens (including phenoxy) is 1. The van der Waals surface area contributed by atoms with E-state index in [0.29, 0.717) is 11.4 Å². The molecule has 1 aromatic heterocycles. The first-order chi connectivity index (χ1) is 14.4. The van der Waals surface area contributed by atoms with Gasteiger partial charge in [0.1, 0.15) is 0 Å². The molecular formula is C20H19FN4O4S. The van der Waals surface area contributed by atoms with Crippen LogP contribution in [0.1, 0.15) is 25.8 Å². The topological polar surface area (TPSA) is 106 Å². The van der Waals surface area contributed by atoms with Gasteiger partial charge in [-0.05, 0) is 43.3 Å². The van der Waals surface area contributed by atoms with Crippen LogP contribution in [0.15, 0.2) is 58.2 Å². The van der Waals surface area contributed by atoms with E-state index < -0.39 is 11.9 Å². The number of carbonyl (C=O) groups excluding carboxylic acids is 2. The van der Waals surface area contributed by atoms with Gasteiger partial charge in [-0.15, -0.1) is 10.2 Å². The molecule has 0 aliphatic carbocycles. The molecule has 1 atom stereocenters. The minimum absolute atomic E-state index is 0.0532. The van der Waals surface area contributed by atoms with Crippen LogP contribution in [0.4, 0.5) is 15.8 Å². The van der Waals surface area contributed by atoms with Gasteiger partial charge in [0.05, 0.1) is 5.75 Å².